The molecule has 0 aliphatic carbocycles. The third kappa shape index (κ3) is 3.02. The van der Waals surface area contributed by atoms with Crippen LogP contribution in [0.5, 0.6) is 5.75 Å². The Hall–Kier alpha value is -2.54. The summed E-state index contributed by atoms with van der Waals surface area (Å²) in [6.07, 6.45) is 0. The molecule has 0 radical (unpaired) electrons. The molecule has 0 spiro atoms. The van der Waals surface area contributed by atoms with Crippen molar-refractivity contribution in [2.45, 2.75) is 6.92 Å². The lowest BCUT2D eigenvalue weighted by Gasteiger charge is -2.13. The first kappa shape index (κ1) is 12.9. The van der Waals surface area contributed by atoms with Crippen LogP contribution >= 0.6 is 0 Å². The molecule has 96 valence electrons. The first-order chi connectivity index (χ1) is 9.24. The van der Waals surface area contributed by atoms with Gasteiger partial charge in [0, 0.05) is 0 Å². The number of rotatable bonds is 4. The Kier molecular flexibility index (Phi) is 3.99. The molecule has 0 aromatic heterocycles. The molecule has 0 aliphatic heterocycles. The molecule has 0 saturated carbocycles. The number of para-hydroxylation sites is 2. The molecule has 0 amide bonds. The molecule has 3 nitrogen and oxygen atoms in total. The van der Waals surface area contributed by atoms with E-state index in [0.29, 0.717) is 18.0 Å². The third-order valence-corrected chi connectivity index (χ3v) is 2.56. The van der Waals surface area contributed by atoms with Gasteiger partial charge in [-0.2, -0.15) is 5.26 Å². The number of nitriles is 1. The first-order valence-corrected chi connectivity index (χ1v) is 5.93. The Labute approximate surface area is 111 Å². The second-order valence-corrected chi connectivity index (χ2v) is 3.86. The highest BCUT2D eigenvalue weighted by Gasteiger charge is 2.07. The summed E-state index contributed by atoms with van der Waals surface area (Å²) in [7, 11) is 0. The summed E-state index contributed by atoms with van der Waals surface area (Å²) < 4.78 is 18.6. The van der Waals surface area contributed by atoms with Crippen molar-refractivity contribution >= 4 is 11.4 Å². The number of nitrogens with one attached hydrogen (secondary N) is 1. The van der Waals surface area contributed by atoms with Crippen LogP contribution in [0.15, 0.2) is 42.5 Å². The van der Waals surface area contributed by atoms with Crippen molar-refractivity contribution in [1.82, 2.24) is 0 Å². The zero-order chi connectivity index (χ0) is 13.7. The second-order valence-electron chi connectivity index (χ2n) is 3.86. The van der Waals surface area contributed by atoms with Crippen LogP contribution in [-0.4, -0.2) is 6.61 Å². The summed E-state index contributed by atoms with van der Waals surface area (Å²) in [6.45, 7) is 2.45. The van der Waals surface area contributed by atoms with Crippen LogP contribution in [-0.2, 0) is 0 Å². The number of ether oxygens (including phenoxy) is 1. The first-order valence-electron chi connectivity index (χ1n) is 5.93. The van der Waals surface area contributed by atoms with Gasteiger partial charge in [0.1, 0.15) is 17.6 Å². The highest BCUT2D eigenvalue weighted by molar-refractivity contribution is 5.70. The Balaban J connectivity index is 2.34. The monoisotopic (exact) mass is 256 g/mol. The van der Waals surface area contributed by atoms with Crippen LogP contribution in [0.4, 0.5) is 15.8 Å². The number of anilines is 2. The lowest BCUT2D eigenvalue weighted by molar-refractivity contribution is 0.342. The number of hydrogen-bond donors (Lipinski definition) is 1. The average molecular weight is 256 g/mol. The molecule has 0 saturated heterocycles. The summed E-state index contributed by atoms with van der Waals surface area (Å²) in [5, 5.41) is 12.1. The molecular formula is C15H13FN2O. The highest BCUT2D eigenvalue weighted by Crippen LogP contribution is 2.29. The smallest absolute Gasteiger partial charge is 0.142 e. The number of nitrogens with zero attached hydrogens (tertiary/aromatic N) is 1. The Morgan fingerprint density at radius 3 is 2.74 bits per heavy atom. The second kappa shape index (κ2) is 5.87. The molecule has 4 heteroatoms. The van der Waals surface area contributed by atoms with E-state index in [1.165, 1.54) is 18.2 Å². The molecular weight excluding hydrogens is 243 g/mol. The van der Waals surface area contributed by atoms with Gasteiger partial charge in [0.2, 0.25) is 0 Å². The third-order valence-electron chi connectivity index (χ3n) is 2.56. The predicted molar refractivity (Wildman–Crippen MR) is 72.0 cm³/mol. The van der Waals surface area contributed by atoms with Crippen LogP contribution in [0.1, 0.15) is 12.5 Å². The van der Waals surface area contributed by atoms with E-state index in [1.54, 1.807) is 0 Å². The van der Waals surface area contributed by atoms with Crippen LogP contribution in [0.2, 0.25) is 0 Å². The van der Waals surface area contributed by atoms with Gasteiger partial charge in [-0.1, -0.05) is 12.1 Å². The van der Waals surface area contributed by atoms with Gasteiger partial charge in [-0.05, 0) is 37.3 Å². The SMILES string of the molecule is CCOc1ccccc1Nc1ccc(F)cc1C#N. The normalized spacial score (nSPS) is 9.74. The molecule has 2 rings (SSSR count). The summed E-state index contributed by atoms with van der Waals surface area (Å²) in [5.41, 5.74) is 1.55. The van der Waals surface area contributed by atoms with E-state index < -0.39 is 5.82 Å². The summed E-state index contributed by atoms with van der Waals surface area (Å²) in [4.78, 5) is 0. The lowest BCUT2D eigenvalue weighted by atomic mass is 10.1. The molecule has 0 aliphatic rings. The minimum atomic E-state index is -0.430. The van der Waals surface area contributed by atoms with E-state index in [0.717, 1.165) is 5.69 Å². The van der Waals surface area contributed by atoms with Gasteiger partial charge >= 0.3 is 0 Å². The van der Waals surface area contributed by atoms with Crippen molar-refractivity contribution in [3.63, 3.8) is 0 Å². The molecule has 19 heavy (non-hydrogen) atoms. The Morgan fingerprint density at radius 1 is 1.21 bits per heavy atom. The van der Waals surface area contributed by atoms with Crippen molar-refractivity contribution in [1.29, 1.82) is 5.26 Å². The van der Waals surface area contributed by atoms with Crippen molar-refractivity contribution in [3.05, 3.63) is 53.8 Å². The van der Waals surface area contributed by atoms with Gasteiger partial charge in [0.25, 0.3) is 0 Å². The van der Waals surface area contributed by atoms with Gasteiger partial charge in [0.05, 0.1) is 23.5 Å². The maximum atomic E-state index is 13.1. The quantitative estimate of drug-likeness (QED) is 0.903. The largest absolute Gasteiger partial charge is 0.492 e. The van der Waals surface area contributed by atoms with Crippen LogP contribution < -0.4 is 10.1 Å². The van der Waals surface area contributed by atoms with Gasteiger partial charge in [-0.25, -0.2) is 4.39 Å². The fraction of sp³-hybridized carbons (Fsp3) is 0.133. The minimum Gasteiger partial charge on any atom is -0.492 e. The molecule has 0 unspecified atom stereocenters. The minimum absolute atomic E-state index is 0.256. The molecule has 2 aromatic rings. The van der Waals surface area contributed by atoms with Crippen molar-refractivity contribution < 1.29 is 9.13 Å². The molecule has 0 atom stereocenters. The van der Waals surface area contributed by atoms with Crippen molar-refractivity contribution in [2.75, 3.05) is 11.9 Å². The van der Waals surface area contributed by atoms with E-state index in [4.69, 9.17) is 10.00 Å². The van der Waals surface area contributed by atoms with Crippen molar-refractivity contribution in [3.8, 4) is 11.8 Å². The standard InChI is InChI=1S/C15H13FN2O/c1-2-19-15-6-4-3-5-14(15)18-13-8-7-12(16)9-11(13)10-17/h3-9,18H,2H2,1H3. The number of hydrogen-bond acceptors (Lipinski definition) is 3. The number of halogens is 1. The lowest BCUT2D eigenvalue weighted by Crippen LogP contribution is -1.99. The van der Waals surface area contributed by atoms with Gasteiger partial charge < -0.3 is 10.1 Å². The molecule has 0 fully saturated rings. The van der Waals surface area contributed by atoms with Crippen LogP contribution in [0.3, 0.4) is 0 Å². The fourth-order valence-corrected chi connectivity index (χ4v) is 1.71. The van der Waals surface area contributed by atoms with Gasteiger partial charge in [-0.15, -0.1) is 0 Å². The molecule has 0 heterocycles. The Morgan fingerprint density at radius 2 is 2.00 bits per heavy atom. The van der Waals surface area contributed by atoms with E-state index in [2.05, 4.69) is 5.32 Å². The molecule has 1 N–H and O–H groups in total. The summed E-state index contributed by atoms with van der Waals surface area (Å²) in [5.74, 6) is 0.262. The summed E-state index contributed by atoms with van der Waals surface area (Å²) >= 11 is 0. The van der Waals surface area contributed by atoms with E-state index in [-0.39, 0.29) is 5.56 Å². The maximum absolute atomic E-state index is 13.1. The van der Waals surface area contributed by atoms with Crippen molar-refractivity contribution in [2.24, 2.45) is 0 Å². The van der Waals surface area contributed by atoms with Crippen LogP contribution in [0, 0.1) is 17.1 Å². The average Bonchev–Trinajstić information content (AvgIpc) is 2.43. The molecule has 0 bridgehead atoms. The fourth-order valence-electron chi connectivity index (χ4n) is 1.71. The highest BCUT2D eigenvalue weighted by atomic mass is 19.1. The van der Waals surface area contributed by atoms with E-state index in [9.17, 15) is 4.39 Å². The zero-order valence-corrected chi connectivity index (χ0v) is 10.5. The zero-order valence-electron chi connectivity index (χ0n) is 10.5. The number of benzene rings is 2. The van der Waals surface area contributed by atoms with E-state index >= 15 is 0 Å². The predicted octanol–water partition coefficient (Wildman–Crippen LogP) is 3.84. The Bertz CT molecular complexity index is 620. The topological polar surface area (TPSA) is 45.0 Å². The van der Waals surface area contributed by atoms with Gasteiger partial charge in [-0.3, -0.25) is 0 Å². The maximum Gasteiger partial charge on any atom is 0.142 e. The van der Waals surface area contributed by atoms with Gasteiger partial charge in [0.15, 0.2) is 0 Å². The summed E-state index contributed by atoms with van der Waals surface area (Å²) in [6, 6.07) is 13.4. The van der Waals surface area contributed by atoms with Crippen LogP contribution in [0.25, 0.3) is 0 Å². The van der Waals surface area contributed by atoms with E-state index in [1.807, 2.05) is 37.3 Å². The molecule has 2 aromatic carbocycles.